The standard InChI is InChI=1S/C34H20O2/c35-31-15-16-32(36)34(28-14-6-12-26-18-22-8-2-4-10-24(22)20-30(26)28)33(31)27-13-5-11-25-17-21-7-1-3-9-23(21)19-29(25)27/h1-20H. The van der Waals surface area contributed by atoms with Crippen LogP contribution in [0.4, 0.5) is 0 Å². The van der Waals surface area contributed by atoms with Gasteiger partial charge >= 0.3 is 0 Å². The van der Waals surface area contributed by atoms with Crippen molar-refractivity contribution >= 4 is 65.8 Å². The quantitative estimate of drug-likeness (QED) is 0.194. The number of benzene rings is 6. The van der Waals surface area contributed by atoms with Crippen molar-refractivity contribution in [1.82, 2.24) is 0 Å². The van der Waals surface area contributed by atoms with Crippen molar-refractivity contribution in [3.05, 3.63) is 132 Å². The first-order chi connectivity index (χ1) is 17.7. The molecule has 2 nitrogen and oxygen atoms in total. The summed E-state index contributed by atoms with van der Waals surface area (Å²) < 4.78 is 0. The zero-order valence-corrected chi connectivity index (χ0v) is 19.4. The maximum Gasteiger partial charge on any atom is 0.187 e. The molecule has 0 spiro atoms. The van der Waals surface area contributed by atoms with Crippen molar-refractivity contribution in [3.63, 3.8) is 0 Å². The Balaban J connectivity index is 1.58. The van der Waals surface area contributed by atoms with Crippen LogP contribution < -0.4 is 0 Å². The predicted molar refractivity (Wildman–Crippen MR) is 149 cm³/mol. The van der Waals surface area contributed by atoms with Gasteiger partial charge in [-0.25, -0.2) is 0 Å². The second kappa shape index (κ2) is 7.86. The van der Waals surface area contributed by atoms with E-state index in [-0.39, 0.29) is 11.6 Å². The monoisotopic (exact) mass is 460 g/mol. The Morgan fingerprint density at radius 3 is 1.14 bits per heavy atom. The Labute approximate surface area is 207 Å². The molecule has 168 valence electrons. The summed E-state index contributed by atoms with van der Waals surface area (Å²) in [6, 6.07) is 36.9. The third-order valence-electron chi connectivity index (χ3n) is 7.16. The number of fused-ring (bicyclic) bond motifs is 4. The maximum absolute atomic E-state index is 13.5. The summed E-state index contributed by atoms with van der Waals surface area (Å²) >= 11 is 0. The van der Waals surface area contributed by atoms with Crippen LogP contribution >= 0.6 is 0 Å². The SMILES string of the molecule is O=C1C=CC(=O)C(c2cccc3cc4ccccc4cc23)=C1c1cccc2cc3ccccc3cc12. The minimum atomic E-state index is -0.150. The third kappa shape index (κ3) is 3.12. The zero-order valence-electron chi connectivity index (χ0n) is 19.4. The Kier molecular flexibility index (Phi) is 4.49. The summed E-state index contributed by atoms with van der Waals surface area (Å²) in [5.74, 6) is -0.300. The van der Waals surface area contributed by atoms with E-state index in [9.17, 15) is 9.59 Å². The normalized spacial score (nSPS) is 14.0. The van der Waals surface area contributed by atoms with E-state index in [0.29, 0.717) is 11.1 Å². The minimum absolute atomic E-state index is 0.150. The Morgan fingerprint density at radius 2 is 0.722 bits per heavy atom. The molecular formula is C34H20O2. The van der Waals surface area contributed by atoms with Crippen LogP contribution in [0.2, 0.25) is 0 Å². The van der Waals surface area contributed by atoms with Crippen LogP contribution in [0.15, 0.2) is 121 Å². The highest BCUT2D eigenvalue weighted by molar-refractivity contribution is 6.50. The average Bonchev–Trinajstić information content (AvgIpc) is 2.91. The van der Waals surface area contributed by atoms with E-state index in [2.05, 4.69) is 60.7 Å². The van der Waals surface area contributed by atoms with Crippen LogP contribution in [0.3, 0.4) is 0 Å². The number of rotatable bonds is 2. The van der Waals surface area contributed by atoms with Crippen LogP contribution in [-0.4, -0.2) is 11.6 Å². The Hall–Kier alpha value is -4.82. The fourth-order valence-electron chi connectivity index (χ4n) is 5.47. The van der Waals surface area contributed by atoms with E-state index in [0.717, 1.165) is 54.2 Å². The largest absolute Gasteiger partial charge is 0.289 e. The van der Waals surface area contributed by atoms with Gasteiger partial charge in [0, 0.05) is 11.1 Å². The molecule has 1 aliphatic rings. The van der Waals surface area contributed by atoms with Gasteiger partial charge < -0.3 is 0 Å². The van der Waals surface area contributed by atoms with Gasteiger partial charge in [0.1, 0.15) is 0 Å². The van der Waals surface area contributed by atoms with Gasteiger partial charge in [-0.1, -0.05) is 84.9 Å². The molecule has 36 heavy (non-hydrogen) atoms. The lowest BCUT2D eigenvalue weighted by molar-refractivity contribution is -0.112. The van der Waals surface area contributed by atoms with Gasteiger partial charge in [0.25, 0.3) is 0 Å². The second-order valence-electron chi connectivity index (χ2n) is 9.26. The smallest absolute Gasteiger partial charge is 0.187 e. The van der Waals surface area contributed by atoms with Crippen LogP contribution in [0.5, 0.6) is 0 Å². The highest BCUT2D eigenvalue weighted by Gasteiger charge is 2.27. The summed E-state index contributed by atoms with van der Waals surface area (Å²) in [6.45, 7) is 0. The lowest BCUT2D eigenvalue weighted by Gasteiger charge is -2.19. The van der Waals surface area contributed by atoms with Gasteiger partial charge in [-0.15, -0.1) is 0 Å². The van der Waals surface area contributed by atoms with Crippen molar-refractivity contribution in [3.8, 4) is 0 Å². The van der Waals surface area contributed by atoms with Crippen LogP contribution in [0, 0.1) is 0 Å². The third-order valence-corrected chi connectivity index (χ3v) is 7.16. The van der Waals surface area contributed by atoms with Gasteiger partial charge in [0.05, 0.1) is 0 Å². The first-order valence-electron chi connectivity index (χ1n) is 12.0. The fraction of sp³-hybridized carbons (Fsp3) is 0. The number of carbonyl (C=O) groups excluding carboxylic acids is 2. The molecule has 7 rings (SSSR count). The van der Waals surface area contributed by atoms with Crippen molar-refractivity contribution < 1.29 is 9.59 Å². The van der Waals surface area contributed by atoms with Gasteiger partial charge in [-0.3, -0.25) is 9.59 Å². The highest BCUT2D eigenvalue weighted by Crippen LogP contribution is 2.39. The summed E-state index contributed by atoms with van der Waals surface area (Å²) in [4.78, 5) is 27.0. The highest BCUT2D eigenvalue weighted by atomic mass is 16.1. The lowest BCUT2D eigenvalue weighted by Crippen LogP contribution is -2.13. The first-order valence-corrected chi connectivity index (χ1v) is 12.0. The molecule has 0 aromatic heterocycles. The van der Waals surface area contributed by atoms with Crippen LogP contribution in [0.25, 0.3) is 54.2 Å². The molecule has 0 atom stereocenters. The molecule has 0 saturated carbocycles. The summed E-state index contributed by atoms with van der Waals surface area (Å²) in [6.07, 6.45) is 2.81. The van der Waals surface area contributed by atoms with Crippen LogP contribution in [-0.2, 0) is 9.59 Å². The maximum atomic E-state index is 13.5. The van der Waals surface area contributed by atoms with E-state index in [4.69, 9.17) is 0 Å². The summed E-state index contributed by atoms with van der Waals surface area (Å²) in [5.41, 5.74) is 2.50. The van der Waals surface area contributed by atoms with Crippen molar-refractivity contribution in [2.45, 2.75) is 0 Å². The van der Waals surface area contributed by atoms with E-state index in [1.807, 2.05) is 48.5 Å². The summed E-state index contributed by atoms with van der Waals surface area (Å²) in [5, 5.41) is 8.49. The number of allylic oxidation sites excluding steroid dienone is 4. The van der Waals surface area contributed by atoms with Gasteiger partial charge in [0.15, 0.2) is 11.6 Å². The molecule has 0 saturated heterocycles. The molecule has 0 heterocycles. The summed E-state index contributed by atoms with van der Waals surface area (Å²) in [7, 11) is 0. The minimum Gasteiger partial charge on any atom is -0.289 e. The molecule has 0 unspecified atom stereocenters. The zero-order chi connectivity index (χ0) is 24.2. The molecule has 1 aliphatic carbocycles. The number of hydrogen-bond donors (Lipinski definition) is 0. The van der Waals surface area contributed by atoms with Gasteiger partial charge in [-0.05, 0) is 90.6 Å². The number of hydrogen-bond acceptors (Lipinski definition) is 2. The van der Waals surface area contributed by atoms with Crippen LogP contribution in [0.1, 0.15) is 11.1 Å². The topological polar surface area (TPSA) is 34.1 Å². The average molecular weight is 461 g/mol. The molecule has 0 N–H and O–H groups in total. The Morgan fingerprint density at radius 1 is 0.361 bits per heavy atom. The molecule has 0 fully saturated rings. The molecule has 0 bridgehead atoms. The molecule has 2 heteroatoms. The molecule has 6 aromatic rings. The van der Waals surface area contributed by atoms with Crippen molar-refractivity contribution in [1.29, 1.82) is 0 Å². The van der Waals surface area contributed by atoms with E-state index in [1.54, 1.807) is 0 Å². The first kappa shape index (κ1) is 20.5. The van der Waals surface area contributed by atoms with Crippen molar-refractivity contribution in [2.24, 2.45) is 0 Å². The molecule has 0 aliphatic heterocycles. The number of ketones is 2. The van der Waals surface area contributed by atoms with Crippen molar-refractivity contribution in [2.75, 3.05) is 0 Å². The van der Waals surface area contributed by atoms with E-state index in [1.165, 1.54) is 12.2 Å². The predicted octanol–water partition coefficient (Wildman–Crippen LogP) is 7.92. The van der Waals surface area contributed by atoms with Gasteiger partial charge in [-0.2, -0.15) is 0 Å². The second-order valence-corrected chi connectivity index (χ2v) is 9.26. The molecular weight excluding hydrogens is 440 g/mol. The lowest BCUT2D eigenvalue weighted by atomic mass is 9.82. The molecule has 0 amide bonds. The number of carbonyl (C=O) groups is 2. The Bertz CT molecular complexity index is 1830. The fourth-order valence-corrected chi connectivity index (χ4v) is 5.47. The van der Waals surface area contributed by atoms with Gasteiger partial charge in [0.2, 0.25) is 0 Å². The molecule has 0 radical (unpaired) electrons. The van der Waals surface area contributed by atoms with E-state index >= 15 is 0 Å². The van der Waals surface area contributed by atoms with E-state index < -0.39 is 0 Å². The molecule has 6 aromatic carbocycles.